The van der Waals surface area contributed by atoms with Gasteiger partial charge in [-0.15, -0.1) is 0 Å². The predicted molar refractivity (Wildman–Crippen MR) is 75.1 cm³/mol. The maximum atomic E-state index is 12.0. The second kappa shape index (κ2) is 5.71. The van der Waals surface area contributed by atoms with E-state index in [0.717, 1.165) is 12.8 Å². The largest absolute Gasteiger partial charge is 0.481 e. The molecule has 1 rings (SSSR count). The van der Waals surface area contributed by atoms with Crippen molar-refractivity contribution >= 4 is 21.7 Å². The summed E-state index contributed by atoms with van der Waals surface area (Å²) in [6.45, 7) is 3.54. The SMILES string of the molecule is CC(C)(CCC(=O)O)NC(=O)CC1(CS(C)(=O)=O)CC1. The van der Waals surface area contributed by atoms with E-state index in [1.54, 1.807) is 13.8 Å². The highest BCUT2D eigenvalue weighted by Crippen LogP contribution is 2.49. The van der Waals surface area contributed by atoms with Crippen LogP contribution in [0.4, 0.5) is 0 Å². The summed E-state index contributed by atoms with van der Waals surface area (Å²) in [4.78, 5) is 22.5. The fourth-order valence-corrected chi connectivity index (χ4v) is 3.85. The normalized spacial score (nSPS) is 17.6. The Morgan fingerprint density at radius 3 is 2.25 bits per heavy atom. The Hall–Kier alpha value is -1.11. The van der Waals surface area contributed by atoms with Crippen LogP contribution in [0.2, 0.25) is 0 Å². The lowest BCUT2D eigenvalue weighted by atomic mass is 9.97. The Morgan fingerprint density at radius 2 is 1.85 bits per heavy atom. The van der Waals surface area contributed by atoms with Crippen LogP contribution in [0.1, 0.15) is 46.0 Å². The molecule has 0 unspecified atom stereocenters. The average Bonchev–Trinajstić information content (AvgIpc) is 2.90. The van der Waals surface area contributed by atoms with Gasteiger partial charge in [0, 0.05) is 24.6 Å². The zero-order chi connectivity index (χ0) is 15.6. The third-order valence-corrected chi connectivity index (χ3v) is 4.64. The highest BCUT2D eigenvalue weighted by atomic mass is 32.2. The molecule has 2 N–H and O–H groups in total. The zero-order valence-electron chi connectivity index (χ0n) is 12.2. The van der Waals surface area contributed by atoms with Crippen LogP contribution in [0.5, 0.6) is 0 Å². The first kappa shape index (κ1) is 16.9. The molecule has 116 valence electrons. The Labute approximate surface area is 119 Å². The molecule has 0 spiro atoms. The molecule has 1 aliphatic carbocycles. The van der Waals surface area contributed by atoms with Crippen molar-refractivity contribution < 1.29 is 23.1 Å². The Kier molecular flexibility index (Phi) is 4.84. The highest BCUT2D eigenvalue weighted by molar-refractivity contribution is 7.90. The van der Waals surface area contributed by atoms with Crippen LogP contribution in [0.15, 0.2) is 0 Å². The van der Waals surface area contributed by atoms with Crippen molar-refractivity contribution in [2.75, 3.05) is 12.0 Å². The van der Waals surface area contributed by atoms with E-state index in [1.807, 2.05) is 0 Å². The van der Waals surface area contributed by atoms with Gasteiger partial charge in [-0.3, -0.25) is 9.59 Å². The molecule has 0 radical (unpaired) electrons. The lowest BCUT2D eigenvalue weighted by Crippen LogP contribution is -2.44. The molecular weight excluding hydrogens is 282 g/mol. The van der Waals surface area contributed by atoms with Gasteiger partial charge >= 0.3 is 5.97 Å². The minimum Gasteiger partial charge on any atom is -0.481 e. The van der Waals surface area contributed by atoms with Gasteiger partial charge in [0.25, 0.3) is 0 Å². The second-order valence-corrected chi connectivity index (χ2v) is 8.71. The van der Waals surface area contributed by atoms with E-state index in [0.29, 0.717) is 6.42 Å². The Balaban J connectivity index is 2.49. The van der Waals surface area contributed by atoms with Crippen molar-refractivity contribution in [1.29, 1.82) is 0 Å². The number of nitrogens with one attached hydrogen (secondary N) is 1. The van der Waals surface area contributed by atoms with Crippen LogP contribution in [0.3, 0.4) is 0 Å². The fourth-order valence-electron chi connectivity index (χ4n) is 2.35. The molecule has 0 aliphatic heterocycles. The van der Waals surface area contributed by atoms with Crippen molar-refractivity contribution in [2.24, 2.45) is 5.41 Å². The third kappa shape index (κ3) is 6.36. The molecule has 1 fully saturated rings. The van der Waals surface area contributed by atoms with E-state index in [4.69, 9.17) is 5.11 Å². The molecule has 0 aromatic rings. The first-order valence-electron chi connectivity index (χ1n) is 6.64. The predicted octanol–water partition coefficient (Wildman–Crippen LogP) is 0.961. The van der Waals surface area contributed by atoms with E-state index in [2.05, 4.69) is 5.32 Å². The number of carboxylic acid groups (broad SMARTS) is 1. The molecule has 6 nitrogen and oxygen atoms in total. The van der Waals surface area contributed by atoms with Crippen molar-refractivity contribution in [2.45, 2.75) is 51.5 Å². The molecule has 20 heavy (non-hydrogen) atoms. The van der Waals surface area contributed by atoms with Crippen molar-refractivity contribution in [3.05, 3.63) is 0 Å². The van der Waals surface area contributed by atoms with Gasteiger partial charge in [0.05, 0.1) is 5.75 Å². The van der Waals surface area contributed by atoms with Gasteiger partial charge in [0.1, 0.15) is 9.84 Å². The molecule has 0 saturated heterocycles. The van der Waals surface area contributed by atoms with E-state index in [-0.39, 0.29) is 24.5 Å². The minimum atomic E-state index is -3.09. The lowest BCUT2D eigenvalue weighted by Gasteiger charge is -2.26. The van der Waals surface area contributed by atoms with Crippen LogP contribution < -0.4 is 5.32 Å². The molecule has 0 heterocycles. The molecular formula is C13H23NO5S. The Morgan fingerprint density at radius 1 is 1.30 bits per heavy atom. The monoisotopic (exact) mass is 305 g/mol. The summed E-state index contributed by atoms with van der Waals surface area (Å²) in [5.41, 5.74) is -1.00. The number of rotatable bonds is 8. The molecule has 0 atom stereocenters. The minimum absolute atomic E-state index is 0.0121. The molecule has 1 saturated carbocycles. The number of aliphatic carboxylic acids is 1. The quantitative estimate of drug-likeness (QED) is 0.695. The van der Waals surface area contributed by atoms with Crippen LogP contribution in [0.25, 0.3) is 0 Å². The smallest absolute Gasteiger partial charge is 0.303 e. The first-order valence-corrected chi connectivity index (χ1v) is 8.70. The van der Waals surface area contributed by atoms with E-state index < -0.39 is 26.8 Å². The molecule has 0 bridgehead atoms. The standard InChI is InChI=1S/C13H23NO5S/c1-12(2,5-4-11(16)17)14-10(15)8-13(6-7-13)9-20(3,18)19/h4-9H2,1-3H3,(H,14,15)(H,16,17). The van der Waals surface area contributed by atoms with Gasteiger partial charge in [-0.1, -0.05) is 0 Å². The molecule has 7 heteroatoms. The zero-order valence-corrected chi connectivity index (χ0v) is 13.0. The average molecular weight is 305 g/mol. The molecule has 1 aliphatic rings. The first-order chi connectivity index (χ1) is 8.93. The number of sulfone groups is 1. The number of hydrogen-bond acceptors (Lipinski definition) is 4. The Bertz CT molecular complexity index is 491. The van der Waals surface area contributed by atoms with Gasteiger partial charge in [0.2, 0.25) is 5.91 Å². The van der Waals surface area contributed by atoms with Crippen LogP contribution in [-0.4, -0.2) is 42.9 Å². The van der Waals surface area contributed by atoms with E-state index >= 15 is 0 Å². The summed E-state index contributed by atoms with van der Waals surface area (Å²) in [6.07, 6.45) is 3.21. The second-order valence-electron chi connectivity index (χ2n) is 6.57. The number of carbonyl (C=O) groups excluding carboxylic acids is 1. The fraction of sp³-hybridized carbons (Fsp3) is 0.846. The molecule has 1 amide bonds. The lowest BCUT2D eigenvalue weighted by molar-refractivity contribution is -0.138. The van der Waals surface area contributed by atoms with Gasteiger partial charge in [0.15, 0.2) is 0 Å². The van der Waals surface area contributed by atoms with Crippen LogP contribution in [0, 0.1) is 5.41 Å². The molecule has 0 aromatic carbocycles. The van der Waals surface area contributed by atoms with Crippen molar-refractivity contribution in [3.63, 3.8) is 0 Å². The molecule has 0 aromatic heterocycles. The van der Waals surface area contributed by atoms with Gasteiger partial charge in [-0.25, -0.2) is 8.42 Å². The van der Waals surface area contributed by atoms with Crippen molar-refractivity contribution in [1.82, 2.24) is 5.32 Å². The summed E-state index contributed by atoms with van der Waals surface area (Å²) in [6, 6.07) is 0. The maximum Gasteiger partial charge on any atom is 0.303 e. The van der Waals surface area contributed by atoms with Gasteiger partial charge < -0.3 is 10.4 Å². The topological polar surface area (TPSA) is 101 Å². The van der Waals surface area contributed by atoms with Crippen LogP contribution >= 0.6 is 0 Å². The summed E-state index contributed by atoms with van der Waals surface area (Å²) in [5, 5.41) is 11.5. The van der Waals surface area contributed by atoms with Crippen LogP contribution in [-0.2, 0) is 19.4 Å². The van der Waals surface area contributed by atoms with Gasteiger partial charge in [-0.05, 0) is 38.5 Å². The van der Waals surface area contributed by atoms with E-state index in [9.17, 15) is 18.0 Å². The van der Waals surface area contributed by atoms with Crippen molar-refractivity contribution in [3.8, 4) is 0 Å². The van der Waals surface area contributed by atoms with E-state index in [1.165, 1.54) is 6.26 Å². The number of carbonyl (C=O) groups is 2. The number of amides is 1. The summed E-state index contributed by atoms with van der Waals surface area (Å²) in [7, 11) is -3.09. The summed E-state index contributed by atoms with van der Waals surface area (Å²) >= 11 is 0. The number of hydrogen-bond donors (Lipinski definition) is 2. The summed E-state index contributed by atoms with van der Waals surface area (Å²) < 4.78 is 22.7. The number of carboxylic acids is 1. The maximum absolute atomic E-state index is 12.0. The van der Waals surface area contributed by atoms with Gasteiger partial charge in [-0.2, -0.15) is 0 Å². The highest BCUT2D eigenvalue weighted by Gasteiger charge is 2.47. The third-order valence-electron chi connectivity index (χ3n) is 3.50. The summed E-state index contributed by atoms with van der Waals surface area (Å²) in [5.74, 6) is -1.06.